The molecule has 4 rings (SSSR count). The molecule has 23 heavy (non-hydrogen) atoms. The predicted octanol–water partition coefficient (Wildman–Crippen LogP) is 5.05. The van der Waals surface area contributed by atoms with Crippen molar-refractivity contribution in [1.82, 2.24) is 0 Å². The number of ether oxygens (including phenoxy) is 1. The van der Waals surface area contributed by atoms with Crippen molar-refractivity contribution in [2.75, 3.05) is 11.9 Å². The van der Waals surface area contributed by atoms with E-state index < -0.39 is 0 Å². The number of hydrogen-bond acceptors (Lipinski definition) is 2. The summed E-state index contributed by atoms with van der Waals surface area (Å²) in [5.41, 5.74) is 2.91. The lowest BCUT2D eigenvalue weighted by Gasteiger charge is -2.37. The standard InChI is InChI=1S/C20H20FNO/c1-2-23-14-11-9-13(10-12-14)19-16-6-3-5-15(16)17-7-4-8-18(21)20(17)22-19/h3-5,7-12,15-16,19,22H,2,6H2,1H3. The third-order valence-electron chi connectivity index (χ3n) is 4.90. The third-order valence-corrected chi connectivity index (χ3v) is 4.90. The van der Waals surface area contributed by atoms with Gasteiger partial charge < -0.3 is 10.1 Å². The highest BCUT2D eigenvalue weighted by Crippen LogP contribution is 2.50. The van der Waals surface area contributed by atoms with Crippen LogP contribution in [0.25, 0.3) is 0 Å². The number of halogens is 1. The molecule has 0 saturated carbocycles. The summed E-state index contributed by atoms with van der Waals surface area (Å²) in [5, 5.41) is 3.45. The van der Waals surface area contributed by atoms with Gasteiger partial charge in [-0.05, 0) is 48.6 Å². The Bertz CT molecular complexity index is 738. The molecule has 3 unspecified atom stereocenters. The molecule has 2 nitrogen and oxygen atoms in total. The fraction of sp³-hybridized carbons (Fsp3) is 0.300. The van der Waals surface area contributed by atoms with Gasteiger partial charge >= 0.3 is 0 Å². The highest BCUT2D eigenvalue weighted by molar-refractivity contribution is 5.60. The van der Waals surface area contributed by atoms with Crippen LogP contribution in [0.5, 0.6) is 5.75 Å². The number of anilines is 1. The highest BCUT2D eigenvalue weighted by Gasteiger charge is 2.38. The molecule has 3 atom stereocenters. The van der Waals surface area contributed by atoms with Crippen molar-refractivity contribution >= 4 is 5.69 Å². The number of fused-ring (bicyclic) bond motifs is 3. The summed E-state index contributed by atoms with van der Waals surface area (Å²) in [5.74, 6) is 1.43. The lowest BCUT2D eigenvalue weighted by atomic mass is 9.77. The maximum atomic E-state index is 14.3. The zero-order valence-corrected chi connectivity index (χ0v) is 13.1. The number of nitrogens with one attached hydrogen (secondary N) is 1. The minimum atomic E-state index is -0.169. The fourth-order valence-electron chi connectivity index (χ4n) is 3.85. The van der Waals surface area contributed by atoms with Crippen LogP contribution in [-0.2, 0) is 0 Å². The van der Waals surface area contributed by atoms with Gasteiger partial charge in [0.15, 0.2) is 0 Å². The summed E-state index contributed by atoms with van der Waals surface area (Å²) in [6.07, 6.45) is 5.47. The zero-order valence-electron chi connectivity index (χ0n) is 13.1. The van der Waals surface area contributed by atoms with E-state index in [0.717, 1.165) is 17.7 Å². The molecule has 0 radical (unpaired) electrons. The van der Waals surface area contributed by atoms with Crippen LogP contribution in [0.4, 0.5) is 10.1 Å². The molecular weight excluding hydrogens is 289 g/mol. The molecule has 2 aliphatic rings. The van der Waals surface area contributed by atoms with E-state index in [1.807, 2.05) is 25.1 Å². The Morgan fingerprint density at radius 1 is 1.17 bits per heavy atom. The lowest BCUT2D eigenvalue weighted by Crippen LogP contribution is -2.29. The molecule has 0 aromatic heterocycles. The topological polar surface area (TPSA) is 21.3 Å². The van der Waals surface area contributed by atoms with Gasteiger partial charge in [0.05, 0.1) is 18.3 Å². The van der Waals surface area contributed by atoms with Crippen molar-refractivity contribution in [3.63, 3.8) is 0 Å². The van der Waals surface area contributed by atoms with E-state index in [4.69, 9.17) is 4.74 Å². The van der Waals surface area contributed by atoms with Crippen LogP contribution in [-0.4, -0.2) is 6.61 Å². The molecule has 0 saturated heterocycles. The van der Waals surface area contributed by atoms with E-state index in [2.05, 4.69) is 29.6 Å². The van der Waals surface area contributed by atoms with Crippen LogP contribution < -0.4 is 10.1 Å². The first-order chi connectivity index (χ1) is 11.3. The van der Waals surface area contributed by atoms with E-state index in [9.17, 15) is 4.39 Å². The van der Waals surface area contributed by atoms with Gasteiger partial charge in [0.2, 0.25) is 0 Å². The third kappa shape index (κ3) is 2.40. The molecule has 3 heteroatoms. The Hall–Kier alpha value is -2.29. The Balaban J connectivity index is 1.71. The Morgan fingerprint density at radius 2 is 2.00 bits per heavy atom. The SMILES string of the molecule is CCOc1ccc(C2Nc3c(F)cccc3C3C=CCC32)cc1. The maximum absolute atomic E-state index is 14.3. The summed E-state index contributed by atoms with van der Waals surface area (Å²) in [4.78, 5) is 0. The lowest BCUT2D eigenvalue weighted by molar-refractivity contribution is 0.340. The largest absolute Gasteiger partial charge is 0.494 e. The molecule has 0 bridgehead atoms. The fourth-order valence-corrected chi connectivity index (χ4v) is 3.85. The second kappa shape index (κ2) is 5.73. The van der Waals surface area contributed by atoms with Gasteiger partial charge in [0, 0.05) is 5.92 Å². The van der Waals surface area contributed by atoms with Gasteiger partial charge in [-0.1, -0.05) is 36.4 Å². The van der Waals surface area contributed by atoms with Gasteiger partial charge in [-0.15, -0.1) is 0 Å². The molecule has 0 fully saturated rings. The summed E-state index contributed by atoms with van der Waals surface area (Å²) in [6, 6.07) is 13.6. The van der Waals surface area contributed by atoms with Crippen LogP contribution in [0.3, 0.4) is 0 Å². The van der Waals surface area contributed by atoms with Crippen molar-refractivity contribution < 1.29 is 9.13 Å². The maximum Gasteiger partial charge on any atom is 0.146 e. The number of para-hydroxylation sites is 1. The summed E-state index contributed by atoms with van der Waals surface area (Å²) in [7, 11) is 0. The molecule has 118 valence electrons. The molecule has 1 N–H and O–H groups in total. The monoisotopic (exact) mass is 309 g/mol. The van der Waals surface area contributed by atoms with Crippen LogP contribution in [0.15, 0.2) is 54.6 Å². The summed E-state index contributed by atoms with van der Waals surface area (Å²) in [6.45, 7) is 2.64. The second-order valence-corrected chi connectivity index (χ2v) is 6.18. The van der Waals surface area contributed by atoms with Crippen LogP contribution >= 0.6 is 0 Å². The first-order valence-corrected chi connectivity index (χ1v) is 8.22. The normalized spacial score (nSPS) is 24.7. The van der Waals surface area contributed by atoms with Crippen LogP contribution in [0.2, 0.25) is 0 Å². The summed E-state index contributed by atoms with van der Waals surface area (Å²) >= 11 is 0. The molecule has 2 aromatic carbocycles. The van der Waals surface area contributed by atoms with Gasteiger partial charge in [0.25, 0.3) is 0 Å². The van der Waals surface area contributed by atoms with Crippen molar-refractivity contribution in [3.05, 3.63) is 71.6 Å². The molecule has 1 aliphatic carbocycles. The molecule has 0 amide bonds. The minimum absolute atomic E-state index is 0.120. The van der Waals surface area contributed by atoms with E-state index >= 15 is 0 Å². The average molecular weight is 309 g/mol. The van der Waals surface area contributed by atoms with E-state index in [1.165, 1.54) is 11.6 Å². The van der Waals surface area contributed by atoms with Gasteiger partial charge in [0.1, 0.15) is 11.6 Å². The average Bonchev–Trinajstić information content (AvgIpc) is 3.06. The van der Waals surface area contributed by atoms with Crippen molar-refractivity contribution in [2.45, 2.75) is 25.3 Å². The van der Waals surface area contributed by atoms with Gasteiger partial charge in [-0.25, -0.2) is 4.39 Å². The highest BCUT2D eigenvalue weighted by atomic mass is 19.1. The van der Waals surface area contributed by atoms with Crippen molar-refractivity contribution in [3.8, 4) is 5.75 Å². The van der Waals surface area contributed by atoms with Crippen LogP contribution in [0, 0.1) is 11.7 Å². The second-order valence-electron chi connectivity index (χ2n) is 6.18. The first-order valence-electron chi connectivity index (χ1n) is 8.22. The van der Waals surface area contributed by atoms with Crippen molar-refractivity contribution in [1.29, 1.82) is 0 Å². The van der Waals surface area contributed by atoms with Crippen molar-refractivity contribution in [2.24, 2.45) is 5.92 Å². The smallest absolute Gasteiger partial charge is 0.146 e. The molecule has 0 spiro atoms. The van der Waals surface area contributed by atoms with E-state index in [-0.39, 0.29) is 11.9 Å². The number of rotatable bonds is 3. The van der Waals surface area contributed by atoms with E-state index in [0.29, 0.717) is 24.1 Å². The molecule has 1 heterocycles. The quantitative estimate of drug-likeness (QED) is 0.801. The molecule has 2 aromatic rings. The number of benzene rings is 2. The summed E-state index contributed by atoms with van der Waals surface area (Å²) < 4.78 is 19.8. The number of hydrogen-bond donors (Lipinski definition) is 1. The predicted molar refractivity (Wildman–Crippen MR) is 90.4 cm³/mol. The zero-order chi connectivity index (χ0) is 15.8. The Kier molecular flexibility index (Phi) is 3.56. The minimum Gasteiger partial charge on any atom is -0.494 e. The van der Waals surface area contributed by atoms with Gasteiger partial charge in [-0.3, -0.25) is 0 Å². The van der Waals surface area contributed by atoms with Gasteiger partial charge in [-0.2, -0.15) is 0 Å². The molecule has 1 aliphatic heterocycles. The molecular formula is C20H20FNO. The van der Waals surface area contributed by atoms with E-state index in [1.54, 1.807) is 6.07 Å². The Morgan fingerprint density at radius 3 is 2.78 bits per heavy atom. The Labute approximate surface area is 136 Å². The first kappa shape index (κ1) is 14.3. The van der Waals surface area contributed by atoms with Crippen LogP contribution in [0.1, 0.15) is 36.4 Å². The number of allylic oxidation sites excluding steroid dienone is 2.